The van der Waals surface area contributed by atoms with Crippen LogP contribution in [0, 0.1) is 11.8 Å². The molecule has 0 saturated heterocycles. The van der Waals surface area contributed by atoms with Crippen LogP contribution in [0.4, 0.5) is 0 Å². The molecule has 0 N–H and O–H groups in total. The van der Waals surface area contributed by atoms with E-state index in [-0.39, 0.29) is 121 Å². The number of ether oxygens (including phenoxy) is 9. The first-order valence-electron chi connectivity index (χ1n) is 30.7. The molecule has 0 spiro atoms. The standard InChI is InChI=1S/C68H98O13/c1-13-21-41-73-51-33-29-34-52(74-42-22-14-2)59(51)63(69)67(49(9)10,64(70)60-53(75-43-23-15-3)35-30-36-54(60)76-44-24-16-4)81-68(50(11)12,65(71)61-55(77-45-25-17-5)37-31-38-56(61)78-46-26-18-6)66(72)62-57(79-47-27-19-7)39-32-40-58(62)80-48-28-20-8/h29-40,49-50H,13-28,41-48H2,1-12H3. The lowest BCUT2D eigenvalue weighted by atomic mass is 9.71. The average Bonchev–Trinajstić information content (AvgIpc) is 3.45. The normalized spacial score (nSPS) is 11.6. The van der Waals surface area contributed by atoms with Crippen molar-refractivity contribution in [2.45, 2.75) is 197 Å². The summed E-state index contributed by atoms with van der Waals surface area (Å²) in [5.41, 5.74) is -5.92. The maximum absolute atomic E-state index is 17.2. The van der Waals surface area contributed by atoms with E-state index in [1.807, 2.05) is 55.4 Å². The van der Waals surface area contributed by atoms with E-state index in [1.54, 1.807) is 100 Å². The van der Waals surface area contributed by atoms with Gasteiger partial charge in [0.1, 0.15) is 68.2 Å². The third-order valence-electron chi connectivity index (χ3n) is 14.2. The Morgan fingerprint density at radius 1 is 0.296 bits per heavy atom. The fourth-order valence-electron chi connectivity index (χ4n) is 9.19. The fraction of sp³-hybridized carbons (Fsp3) is 0.588. The Morgan fingerprint density at radius 2 is 0.444 bits per heavy atom. The topological polar surface area (TPSA) is 151 Å². The molecule has 0 aliphatic heterocycles. The molecule has 0 radical (unpaired) electrons. The molecule has 0 atom stereocenters. The van der Waals surface area contributed by atoms with Gasteiger partial charge in [0.25, 0.3) is 0 Å². The average molecular weight is 1120 g/mol. The number of hydrogen-bond donors (Lipinski definition) is 0. The number of unbranched alkanes of at least 4 members (excludes halogenated alkanes) is 8. The number of carbonyl (C=O) groups is 4. The summed E-state index contributed by atoms with van der Waals surface area (Å²) in [5.74, 6) is -4.72. The van der Waals surface area contributed by atoms with Crippen molar-refractivity contribution in [1.82, 2.24) is 0 Å². The smallest absolute Gasteiger partial charge is 0.210 e. The van der Waals surface area contributed by atoms with E-state index in [0.29, 0.717) is 51.4 Å². The van der Waals surface area contributed by atoms with Crippen molar-refractivity contribution < 1.29 is 61.8 Å². The van der Waals surface area contributed by atoms with Crippen molar-refractivity contribution >= 4 is 23.1 Å². The van der Waals surface area contributed by atoms with Crippen LogP contribution in [0.25, 0.3) is 0 Å². The zero-order valence-corrected chi connectivity index (χ0v) is 51.4. The first-order chi connectivity index (χ1) is 39.2. The van der Waals surface area contributed by atoms with Crippen LogP contribution in [0.1, 0.15) is 227 Å². The highest BCUT2D eigenvalue weighted by molar-refractivity contribution is 6.29. The van der Waals surface area contributed by atoms with Crippen LogP contribution in [0.3, 0.4) is 0 Å². The molecule has 0 aliphatic carbocycles. The molecule has 0 aromatic heterocycles. The lowest BCUT2D eigenvalue weighted by Gasteiger charge is -2.45. The first-order valence-corrected chi connectivity index (χ1v) is 30.7. The van der Waals surface area contributed by atoms with Gasteiger partial charge in [0.2, 0.25) is 23.1 Å². The van der Waals surface area contributed by atoms with Crippen molar-refractivity contribution in [2.24, 2.45) is 11.8 Å². The summed E-state index contributed by atoms with van der Waals surface area (Å²) >= 11 is 0. The maximum Gasteiger partial charge on any atom is 0.210 e. The van der Waals surface area contributed by atoms with Gasteiger partial charge in [-0.3, -0.25) is 19.2 Å². The molecule has 13 heteroatoms. The van der Waals surface area contributed by atoms with E-state index >= 15 is 19.2 Å². The third-order valence-corrected chi connectivity index (χ3v) is 14.2. The molecular weight excluding hydrogens is 1020 g/mol. The molecule has 81 heavy (non-hydrogen) atoms. The monoisotopic (exact) mass is 1120 g/mol. The van der Waals surface area contributed by atoms with Gasteiger partial charge < -0.3 is 42.6 Å². The van der Waals surface area contributed by atoms with E-state index in [4.69, 9.17) is 42.6 Å². The molecule has 0 amide bonds. The lowest BCUT2D eigenvalue weighted by molar-refractivity contribution is -0.110. The van der Waals surface area contributed by atoms with Crippen LogP contribution in [0.15, 0.2) is 72.8 Å². The number of rotatable bonds is 44. The lowest BCUT2D eigenvalue weighted by Crippen LogP contribution is -2.65. The molecule has 0 unspecified atom stereocenters. The zero-order valence-electron chi connectivity index (χ0n) is 51.4. The summed E-state index contributed by atoms with van der Waals surface area (Å²) in [7, 11) is 0. The van der Waals surface area contributed by atoms with E-state index in [0.717, 1.165) is 51.4 Å². The van der Waals surface area contributed by atoms with Crippen LogP contribution in [0.5, 0.6) is 46.0 Å². The van der Waals surface area contributed by atoms with Gasteiger partial charge in [0, 0.05) is 0 Å². The summed E-state index contributed by atoms with van der Waals surface area (Å²) in [6.45, 7) is 25.0. The maximum atomic E-state index is 17.2. The highest BCUT2D eigenvalue weighted by Crippen LogP contribution is 2.49. The molecule has 0 saturated carbocycles. The van der Waals surface area contributed by atoms with Crippen LogP contribution in [0.2, 0.25) is 0 Å². The largest absolute Gasteiger partial charge is 0.493 e. The Balaban J connectivity index is 2.42. The quantitative estimate of drug-likeness (QED) is 0.0235. The Morgan fingerprint density at radius 3 is 0.568 bits per heavy atom. The van der Waals surface area contributed by atoms with Crippen molar-refractivity contribution in [1.29, 1.82) is 0 Å². The molecule has 448 valence electrons. The van der Waals surface area contributed by atoms with Crippen molar-refractivity contribution in [3.05, 3.63) is 95.1 Å². The number of carbonyl (C=O) groups excluding carboxylic acids is 4. The molecule has 0 heterocycles. The zero-order chi connectivity index (χ0) is 59.2. The Labute approximate surface area is 485 Å². The van der Waals surface area contributed by atoms with Gasteiger partial charge in [-0.05, 0) is 112 Å². The van der Waals surface area contributed by atoms with Crippen LogP contribution in [-0.4, -0.2) is 87.2 Å². The number of ketones is 4. The minimum Gasteiger partial charge on any atom is -0.493 e. The summed E-state index contributed by atoms with van der Waals surface area (Å²) in [4.78, 5) is 69.0. The van der Waals surface area contributed by atoms with E-state index in [9.17, 15) is 0 Å². The van der Waals surface area contributed by atoms with Crippen molar-refractivity contribution in [3.8, 4) is 46.0 Å². The van der Waals surface area contributed by atoms with E-state index in [2.05, 4.69) is 0 Å². The SMILES string of the molecule is CCCCOc1cccc(OCCCC)c1C(=O)C(OC(C(=O)c1c(OCCCC)cccc1OCCCC)(C(=O)c1c(OCCCC)cccc1OCCCC)C(C)C)(C(=O)c1c(OCCCC)cccc1OCCCC)C(C)C. The molecule has 13 nitrogen and oxygen atoms in total. The molecule has 0 aliphatic rings. The first kappa shape index (κ1) is 67.4. The summed E-state index contributed by atoms with van der Waals surface area (Å²) < 4.78 is 60.0. The molecular formula is C68H98O13. The molecule has 0 bridgehead atoms. The van der Waals surface area contributed by atoms with Gasteiger partial charge in [0.05, 0.1) is 52.9 Å². The highest BCUT2D eigenvalue weighted by atomic mass is 16.6. The molecule has 4 aromatic rings. The Kier molecular flexibility index (Phi) is 29.7. The van der Waals surface area contributed by atoms with Gasteiger partial charge in [0.15, 0.2) is 11.2 Å². The Hall–Kier alpha value is -6.08. The summed E-state index contributed by atoms with van der Waals surface area (Å²) in [6.07, 6.45) is 11.6. The molecule has 4 aromatic carbocycles. The summed E-state index contributed by atoms with van der Waals surface area (Å²) in [5, 5.41) is 0. The van der Waals surface area contributed by atoms with E-state index < -0.39 is 46.2 Å². The van der Waals surface area contributed by atoms with Crippen molar-refractivity contribution in [3.63, 3.8) is 0 Å². The van der Waals surface area contributed by atoms with Crippen LogP contribution in [-0.2, 0) is 4.74 Å². The Bertz CT molecular complexity index is 2100. The predicted octanol–water partition coefficient (Wildman–Crippen LogP) is 16.8. The number of hydrogen-bond acceptors (Lipinski definition) is 13. The molecule has 4 rings (SSSR count). The van der Waals surface area contributed by atoms with Gasteiger partial charge >= 0.3 is 0 Å². The second-order valence-corrected chi connectivity index (χ2v) is 21.3. The minimum absolute atomic E-state index is 0.0825. The second kappa shape index (κ2) is 35.7. The number of Topliss-reactive ketones (excluding diaryl/α,β-unsaturated/α-hetero) is 4. The van der Waals surface area contributed by atoms with Crippen LogP contribution >= 0.6 is 0 Å². The summed E-state index contributed by atoms with van der Waals surface area (Å²) in [6, 6.07) is 20.3. The van der Waals surface area contributed by atoms with Gasteiger partial charge in [-0.15, -0.1) is 0 Å². The van der Waals surface area contributed by atoms with Gasteiger partial charge in [-0.25, -0.2) is 0 Å². The predicted molar refractivity (Wildman–Crippen MR) is 323 cm³/mol. The second-order valence-electron chi connectivity index (χ2n) is 21.3. The number of benzene rings is 4. The molecule has 0 fully saturated rings. The highest BCUT2D eigenvalue weighted by Gasteiger charge is 2.64. The van der Waals surface area contributed by atoms with Crippen LogP contribution < -0.4 is 37.9 Å². The van der Waals surface area contributed by atoms with Gasteiger partial charge in [-0.2, -0.15) is 0 Å². The minimum atomic E-state index is -2.79. The van der Waals surface area contributed by atoms with Crippen molar-refractivity contribution in [2.75, 3.05) is 52.9 Å². The van der Waals surface area contributed by atoms with Gasteiger partial charge in [-0.1, -0.05) is 159 Å². The third kappa shape index (κ3) is 17.5. The van der Waals surface area contributed by atoms with E-state index in [1.165, 1.54) is 0 Å². The fourth-order valence-corrected chi connectivity index (χ4v) is 9.19.